The molecule has 1 aromatic rings. The molecule has 106 valence electrons. The van der Waals surface area contributed by atoms with Gasteiger partial charge in [-0.2, -0.15) is 26.3 Å². The molecule has 0 aromatic carbocycles. The molecule has 0 atom stereocenters. The Labute approximate surface area is 101 Å². The first-order chi connectivity index (χ1) is 8.48. The summed E-state index contributed by atoms with van der Waals surface area (Å²) in [5.74, 6) is -3.16. The summed E-state index contributed by atoms with van der Waals surface area (Å²) >= 11 is 0. The third-order valence-electron chi connectivity index (χ3n) is 1.97. The van der Waals surface area contributed by atoms with Crippen LogP contribution in [0.3, 0.4) is 0 Å². The first kappa shape index (κ1) is 15.1. The molecule has 19 heavy (non-hydrogen) atoms. The van der Waals surface area contributed by atoms with Crippen LogP contribution in [0.4, 0.5) is 26.3 Å². The fourth-order valence-electron chi connectivity index (χ4n) is 1.23. The summed E-state index contributed by atoms with van der Waals surface area (Å²) in [6.45, 7) is 0. The zero-order chi connectivity index (χ0) is 15.0. The molecule has 1 rings (SSSR count). The SMILES string of the molecule is COc1cc(C(=O)O)c(C(F)(F)F)nc1C(F)(F)F. The zero-order valence-electron chi connectivity index (χ0n) is 9.06. The second-order valence-corrected chi connectivity index (χ2v) is 3.24. The van der Waals surface area contributed by atoms with Crippen molar-refractivity contribution in [1.29, 1.82) is 0 Å². The number of halogens is 6. The van der Waals surface area contributed by atoms with E-state index >= 15 is 0 Å². The number of ether oxygens (including phenoxy) is 1. The van der Waals surface area contributed by atoms with E-state index in [2.05, 4.69) is 9.72 Å². The van der Waals surface area contributed by atoms with Gasteiger partial charge in [0.05, 0.1) is 12.7 Å². The van der Waals surface area contributed by atoms with Gasteiger partial charge in [0.15, 0.2) is 17.1 Å². The molecular weight excluding hydrogens is 284 g/mol. The highest BCUT2D eigenvalue weighted by Gasteiger charge is 2.43. The van der Waals surface area contributed by atoms with E-state index in [0.29, 0.717) is 0 Å². The first-order valence-electron chi connectivity index (χ1n) is 4.45. The van der Waals surface area contributed by atoms with E-state index in [1.165, 1.54) is 0 Å². The lowest BCUT2D eigenvalue weighted by Crippen LogP contribution is -2.20. The van der Waals surface area contributed by atoms with Crippen molar-refractivity contribution in [2.75, 3.05) is 7.11 Å². The molecule has 0 saturated heterocycles. The van der Waals surface area contributed by atoms with Crippen LogP contribution in [0.2, 0.25) is 0 Å². The second kappa shape index (κ2) is 4.59. The number of aromatic carboxylic acids is 1. The molecule has 1 heterocycles. The molecule has 0 spiro atoms. The van der Waals surface area contributed by atoms with Crippen LogP contribution >= 0.6 is 0 Å². The molecule has 0 fully saturated rings. The molecule has 0 aliphatic rings. The van der Waals surface area contributed by atoms with Gasteiger partial charge in [-0.25, -0.2) is 9.78 Å². The summed E-state index contributed by atoms with van der Waals surface area (Å²) in [5.41, 5.74) is -5.49. The highest BCUT2D eigenvalue weighted by Crippen LogP contribution is 2.39. The van der Waals surface area contributed by atoms with Crippen LogP contribution in [0.25, 0.3) is 0 Å². The van der Waals surface area contributed by atoms with Gasteiger partial charge in [-0.05, 0) is 6.07 Å². The van der Waals surface area contributed by atoms with E-state index < -0.39 is 41.0 Å². The van der Waals surface area contributed by atoms with Crippen molar-refractivity contribution in [1.82, 2.24) is 4.98 Å². The molecule has 0 aliphatic carbocycles. The van der Waals surface area contributed by atoms with Crippen LogP contribution in [0.15, 0.2) is 6.07 Å². The minimum Gasteiger partial charge on any atom is -0.494 e. The quantitative estimate of drug-likeness (QED) is 0.850. The summed E-state index contributed by atoms with van der Waals surface area (Å²) < 4.78 is 79.1. The third kappa shape index (κ3) is 3.06. The average molecular weight is 289 g/mol. The molecule has 0 saturated carbocycles. The van der Waals surface area contributed by atoms with Gasteiger partial charge in [-0.15, -0.1) is 0 Å². The van der Waals surface area contributed by atoms with Crippen molar-refractivity contribution in [3.05, 3.63) is 23.0 Å². The lowest BCUT2D eigenvalue weighted by atomic mass is 10.1. The van der Waals surface area contributed by atoms with Gasteiger partial charge in [-0.1, -0.05) is 0 Å². The summed E-state index contributed by atoms with van der Waals surface area (Å²) in [7, 11) is 0.755. The van der Waals surface area contributed by atoms with Crippen LogP contribution in [0.1, 0.15) is 21.7 Å². The Balaban J connectivity index is 3.67. The summed E-state index contributed by atoms with van der Waals surface area (Å²) in [6.07, 6.45) is -10.5. The standard InChI is InChI=1S/C9H5F6NO3/c1-19-4-2-3(7(17)18)5(8(10,11)12)16-6(4)9(13,14)15/h2H,1H3,(H,17,18). The van der Waals surface area contributed by atoms with Gasteiger partial charge in [-0.3, -0.25) is 0 Å². The van der Waals surface area contributed by atoms with Gasteiger partial charge in [0, 0.05) is 0 Å². The van der Waals surface area contributed by atoms with Crippen molar-refractivity contribution in [2.24, 2.45) is 0 Å². The smallest absolute Gasteiger partial charge is 0.437 e. The molecule has 0 bridgehead atoms. The van der Waals surface area contributed by atoms with Crippen LogP contribution in [0.5, 0.6) is 5.75 Å². The maximum Gasteiger partial charge on any atom is 0.437 e. The predicted octanol–water partition coefficient (Wildman–Crippen LogP) is 2.83. The van der Waals surface area contributed by atoms with E-state index in [1.54, 1.807) is 0 Å². The maximum absolute atomic E-state index is 12.5. The highest BCUT2D eigenvalue weighted by atomic mass is 19.4. The number of carboxylic acids is 1. The maximum atomic E-state index is 12.5. The highest BCUT2D eigenvalue weighted by molar-refractivity contribution is 5.89. The number of methoxy groups -OCH3 is 1. The summed E-state index contributed by atoms with van der Waals surface area (Å²) in [6, 6.07) is 0.140. The summed E-state index contributed by atoms with van der Waals surface area (Å²) in [4.78, 5) is 13.0. The number of alkyl halides is 6. The lowest BCUT2D eigenvalue weighted by Gasteiger charge is -2.15. The Morgan fingerprint density at radius 2 is 1.63 bits per heavy atom. The number of aromatic nitrogens is 1. The van der Waals surface area contributed by atoms with Crippen LogP contribution in [-0.2, 0) is 12.4 Å². The van der Waals surface area contributed by atoms with Gasteiger partial charge in [0.2, 0.25) is 0 Å². The van der Waals surface area contributed by atoms with Crippen molar-refractivity contribution in [2.45, 2.75) is 12.4 Å². The minimum absolute atomic E-state index is 0.140. The lowest BCUT2D eigenvalue weighted by molar-refractivity contribution is -0.151. The van der Waals surface area contributed by atoms with Crippen molar-refractivity contribution >= 4 is 5.97 Å². The fourth-order valence-corrected chi connectivity index (χ4v) is 1.23. The Morgan fingerprint density at radius 1 is 1.16 bits per heavy atom. The molecule has 0 aliphatic heterocycles. The molecule has 1 aromatic heterocycles. The van der Waals surface area contributed by atoms with E-state index in [0.717, 1.165) is 7.11 Å². The Bertz CT molecular complexity index is 508. The Hall–Kier alpha value is -2.00. The Kier molecular flexibility index (Phi) is 3.64. The fraction of sp³-hybridized carbons (Fsp3) is 0.333. The number of hydrogen-bond acceptors (Lipinski definition) is 3. The van der Waals surface area contributed by atoms with Crippen molar-refractivity contribution < 1.29 is 41.0 Å². The number of nitrogens with zero attached hydrogens (tertiary/aromatic N) is 1. The number of rotatable bonds is 2. The van der Waals surface area contributed by atoms with Crippen LogP contribution in [-0.4, -0.2) is 23.2 Å². The number of carbonyl (C=O) groups is 1. The Morgan fingerprint density at radius 3 is 1.95 bits per heavy atom. The number of pyridine rings is 1. The number of hydrogen-bond donors (Lipinski definition) is 1. The monoisotopic (exact) mass is 289 g/mol. The van der Waals surface area contributed by atoms with Gasteiger partial charge in [0.1, 0.15) is 0 Å². The van der Waals surface area contributed by atoms with Gasteiger partial charge in [0.25, 0.3) is 0 Å². The minimum atomic E-state index is -5.33. The molecule has 0 unspecified atom stereocenters. The van der Waals surface area contributed by atoms with Crippen molar-refractivity contribution in [3.8, 4) is 5.75 Å². The van der Waals surface area contributed by atoms with E-state index in [-0.39, 0.29) is 6.07 Å². The van der Waals surface area contributed by atoms with E-state index in [1.807, 2.05) is 0 Å². The van der Waals surface area contributed by atoms with Crippen LogP contribution < -0.4 is 4.74 Å². The molecular formula is C9H5F6NO3. The normalized spacial score (nSPS) is 12.4. The predicted molar refractivity (Wildman–Crippen MR) is 47.8 cm³/mol. The first-order valence-corrected chi connectivity index (χ1v) is 4.45. The number of carboxylic acid groups (broad SMARTS) is 1. The van der Waals surface area contributed by atoms with Crippen molar-refractivity contribution in [3.63, 3.8) is 0 Å². The largest absolute Gasteiger partial charge is 0.494 e. The third-order valence-corrected chi connectivity index (χ3v) is 1.97. The second-order valence-electron chi connectivity index (χ2n) is 3.24. The molecule has 4 nitrogen and oxygen atoms in total. The topological polar surface area (TPSA) is 59.4 Å². The zero-order valence-corrected chi connectivity index (χ0v) is 9.06. The van der Waals surface area contributed by atoms with E-state index in [4.69, 9.17) is 5.11 Å². The summed E-state index contributed by atoms with van der Waals surface area (Å²) in [5, 5.41) is 8.57. The van der Waals surface area contributed by atoms with Crippen LogP contribution in [0, 0.1) is 0 Å². The van der Waals surface area contributed by atoms with Gasteiger partial charge < -0.3 is 9.84 Å². The van der Waals surface area contributed by atoms with Gasteiger partial charge >= 0.3 is 18.3 Å². The van der Waals surface area contributed by atoms with E-state index in [9.17, 15) is 31.1 Å². The molecule has 10 heteroatoms. The molecule has 0 radical (unpaired) electrons. The average Bonchev–Trinajstić information content (AvgIpc) is 2.24. The molecule has 1 N–H and O–H groups in total. The molecule has 0 amide bonds.